The fraction of sp³-hybridized carbons (Fsp3) is 0.333. The van der Waals surface area contributed by atoms with E-state index in [1.165, 1.54) is 16.8 Å². The molecule has 1 aliphatic heterocycles. The molecule has 0 saturated heterocycles. The summed E-state index contributed by atoms with van der Waals surface area (Å²) in [6.07, 6.45) is 1.12. The quantitative estimate of drug-likeness (QED) is 0.888. The average Bonchev–Trinajstić information content (AvgIpc) is 2.47. The number of benzene rings is 2. The molecule has 20 heavy (non-hydrogen) atoms. The molecular weight excluding hydrogens is 246 g/mol. The van der Waals surface area contributed by atoms with Gasteiger partial charge in [-0.2, -0.15) is 0 Å². The van der Waals surface area contributed by atoms with Crippen LogP contribution in [0.3, 0.4) is 0 Å². The number of para-hydroxylation sites is 1. The van der Waals surface area contributed by atoms with Gasteiger partial charge in [-0.3, -0.25) is 0 Å². The van der Waals surface area contributed by atoms with E-state index in [4.69, 9.17) is 4.74 Å². The molecule has 0 bridgehead atoms. The Balaban J connectivity index is 1.89. The van der Waals surface area contributed by atoms with Crippen LogP contribution in [-0.2, 0) is 6.42 Å². The van der Waals surface area contributed by atoms with E-state index in [0.717, 1.165) is 12.2 Å². The van der Waals surface area contributed by atoms with Gasteiger partial charge in [-0.15, -0.1) is 0 Å². The summed E-state index contributed by atoms with van der Waals surface area (Å²) in [6.45, 7) is 5.03. The van der Waals surface area contributed by atoms with Gasteiger partial charge in [0.1, 0.15) is 5.75 Å². The smallest absolute Gasteiger partial charge is 0.119 e. The van der Waals surface area contributed by atoms with Crippen molar-refractivity contribution < 1.29 is 4.74 Å². The molecule has 0 aromatic heterocycles. The summed E-state index contributed by atoms with van der Waals surface area (Å²) in [7, 11) is 0. The van der Waals surface area contributed by atoms with E-state index in [2.05, 4.69) is 54.7 Å². The molecule has 2 aromatic carbocycles. The predicted molar refractivity (Wildman–Crippen MR) is 83.3 cm³/mol. The summed E-state index contributed by atoms with van der Waals surface area (Å²) < 4.78 is 5.61. The van der Waals surface area contributed by atoms with Crippen molar-refractivity contribution in [1.29, 1.82) is 0 Å². The Morgan fingerprint density at radius 3 is 2.85 bits per heavy atom. The van der Waals surface area contributed by atoms with Gasteiger partial charge in [0.05, 0.1) is 12.6 Å². The minimum absolute atomic E-state index is 0.352. The Morgan fingerprint density at radius 1 is 1.15 bits per heavy atom. The van der Waals surface area contributed by atoms with Crippen molar-refractivity contribution in [2.45, 2.75) is 26.3 Å². The van der Waals surface area contributed by atoms with E-state index in [-0.39, 0.29) is 0 Å². The summed E-state index contributed by atoms with van der Waals surface area (Å²) in [5, 5.41) is 3.68. The van der Waals surface area contributed by atoms with Gasteiger partial charge >= 0.3 is 0 Å². The molecule has 0 aliphatic carbocycles. The van der Waals surface area contributed by atoms with Gasteiger partial charge in [-0.25, -0.2) is 0 Å². The molecule has 0 saturated carbocycles. The average molecular weight is 267 g/mol. The zero-order chi connectivity index (χ0) is 13.9. The second-order valence-electron chi connectivity index (χ2n) is 5.47. The van der Waals surface area contributed by atoms with Crippen LogP contribution in [-0.4, -0.2) is 6.61 Å². The van der Waals surface area contributed by atoms with E-state index in [1.54, 1.807) is 0 Å². The molecule has 2 nitrogen and oxygen atoms in total. The second kappa shape index (κ2) is 5.58. The van der Waals surface area contributed by atoms with Crippen LogP contribution in [0, 0.1) is 5.92 Å². The number of fused-ring (bicyclic) bond motifs is 1. The number of rotatable bonds is 3. The number of hydrogen-bond donors (Lipinski definition) is 1. The number of anilines is 1. The van der Waals surface area contributed by atoms with E-state index >= 15 is 0 Å². The van der Waals surface area contributed by atoms with Crippen LogP contribution in [0.2, 0.25) is 0 Å². The largest absolute Gasteiger partial charge is 0.494 e. The first-order valence-corrected chi connectivity index (χ1v) is 7.35. The molecule has 0 spiro atoms. The Morgan fingerprint density at radius 2 is 2.00 bits per heavy atom. The van der Waals surface area contributed by atoms with Gasteiger partial charge in [0, 0.05) is 5.69 Å². The van der Waals surface area contributed by atoms with Crippen LogP contribution in [0.15, 0.2) is 48.5 Å². The first kappa shape index (κ1) is 13.0. The molecular formula is C18H21NO. The minimum Gasteiger partial charge on any atom is -0.494 e. The molecule has 0 amide bonds. The Hall–Kier alpha value is -1.96. The Kier molecular flexibility index (Phi) is 3.64. The molecule has 2 heteroatoms. The number of hydrogen-bond acceptors (Lipinski definition) is 2. The fourth-order valence-corrected chi connectivity index (χ4v) is 2.99. The van der Waals surface area contributed by atoms with Crippen LogP contribution >= 0.6 is 0 Å². The number of ether oxygens (including phenoxy) is 1. The lowest BCUT2D eigenvalue weighted by Crippen LogP contribution is -2.26. The van der Waals surface area contributed by atoms with Crippen molar-refractivity contribution in [3.8, 4) is 5.75 Å². The predicted octanol–water partition coefficient (Wildman–Crippen LogP) is 4.43. The Bertz CT molecular complexity index is 593. The summed E-state index contributed by atoms with van der Waals surface area (Å²) in [6, 6.07) is 17.4. The monoisotopic (exact) mass is 267 g/mol. The highest BCUT2D eigenvalue weighted by Crippen LogP contribution is 2.37. The zero-order valence-electron chi connectivity index (χ0n) is 12.1. The molecule has 2 unspecified atom stereocenters. The lowest BCUT2D eigenvalue weighted by atomic mass is 9.85. The second-order valence-corrected chi connectivity index (χ2v) is 5.47. The van der Waals surface area contributed by atoms with Crippen LogP contribution in [0.5, 0.6) is 5.75 Å². The third kappa shape index (κ3) is 2.51. The topological polar surface area (TPSA) is 21.3 Å². The van der Waals surface area contributed by atoms with Crippen LogP contribution in [0.25, 0.3) is 0 Å². The molecule has 104 valence electrons. The molecule has 0 fully saturated rings. The molecule has 1 heterocycles. The normalized spacial score (nSPS) is 20.9. The van der Waals surface area contributed by atoms with E-state index < -0.39 is 0 Å². The van der Waals surface area contributed by atoms with Gasteiger partial charge < -0.3 is 10.1 Å². The van der Waals surface area contributed by atoms with Gasteiger partial charge in [-0.05, 0) is 48.6 Å². The van der Waals surface area contributed by atoms with Crippen molar-refractivity contribution in [3.05, 3.63) is 59.7 Å². The molecule has 0 radical (unpaired) electrons. The number of nitrogens with one attached hydrogen (secondary N) is 1. The van der Waals surface area contributed by atoms with Crippen LogP contribution < -0.4 is 10.1 Å². The van der Waals surface area contributed by atoms with Gasteiger partial charge in [0.2, 0.25) is 0 Å². The third-order valence-corrected chi connectivity index (χ3v) is 3.97. The summed E-state index contributed by atoms with van der Waals surface area (Å²) >= 11 is 0. The Labute approximate surface area is 120 Å². The van der Waals surface area contributed by atoms with Crippen molar-refractivity contribution in [1.82, 2.24) is 0 Å². The molecule has 1 aliphatic rings. The third-order valence-electron chi connectivity index (χ3n) is 3.97. The molecule has 3 rings (SSSR count). The first-order valence-electron chi connectivity index (χ1n) is 7.35. The van der Waals surface area contributed by atoms with Crippen molar-refractivity contribution >= 4 is 5.69 Å². The highest BCUT2D eigenvalue weighted by Gasteiger charge is 2.25. The highest BCUT2D eigenvalue weighted by atomic mass is 16.5. The summed E-state index contributed by atoms with van der Waals surface area (Å²) in [5.74, 6) is 1.53. The fourth-order valence-electron chi connectivity index (χ4n) is 2.99. The zero-order valence-corrected chi connectivity index (χ0v) is 12.1. The first-order chi connectivity index (χ1) is 9.78. The van der Waals surface area contributed by atoms with Crippen LogP contribution in [0.1, 0.15) is 31.0 Å². The molecule has 2 aromatic rings. The summed E-state index contributed by atoms with van der Waals surface area (Å²) in [4.78, 5) is 0. The summed E-state index contributed by atoms with van der Waals surface area (Å²) in [5.41, 5.74) is 3.98. The highest BCUT2D eigenvalue weighted by molar-refractivity contribution is 5.55. The molecule has 2 atom stereocenters. The van der Waals surface area contributed by atoms with Crippen LogP contribution in [0.4, 0.5) is 5.69 Å². The lowest BCUT2D eigenvalue weighted by Gasteiger charge is -2.33. The standard InChI is InChI=1S/C18H21NO/c1-3-20-16-9-6-8-15(12-16)18-13(2)11-14-7-4-5-10-17(14)19-18/h4-10,12-13,18-19H,3,11H2,1-2H3. The molecule has 1 N–H and O–H groups in total. The van der Waals surface area contributed by atoms with E-state index in [0.29, 0.717) is 18.6 Å². The van der Waals surface area contributed by atoms with Gasteiger partial charge in [0.25, 0.3) is 0 Å². The van der Waals surface area contributed by atoms with Crippen molar-refractivity contribution in [3.63, 3.8) is 0 Å². The maximum absolute atomic E-state index is 5.61. The minimum atomic E-state index is 0.352. The maximum Gasteiger partial charge on any atom is 0.119 e. The maximum atomic E-state index is 5.61. The van der Waals surface area contributed by atoms with Gasteiger partial charge in [0.15, 0.2) is 0 Å². The van der Waals surface area contributed by atoms with Crippen molar-refractivity contribution in [2.24, 2.45) is 5.92 Å². The van der Waals surface area contributed by atoms with E-state index in [9.17, 15) is 0 Å². The van der Waals surface area contributed by atoms with Crippen molar-refractivity contribution in [2.75, 3.05) is 11.9 Å². The van der Waals surface area contributed by atoms with E-state index in [1.807, 2.05) is 13.0 Å². The van der Waals surface area contributed by atoms with Gasteiger partial charge in [-0.1, -0.05) is 37.3 Å². The SMILES string of the molecule is CCOc1cccc(C2Nc3ccccc3CC2C)c1. The lowest BCUT2D eigenvalue weighted by molar-refractivity contribution is 0.339.